The Labute approximate surface area is 79.4 Å². The number of azide groups is 1. The molecule has 0 bridgehead atoms. The lowest BCUT2D eigenvalue weighted by Gasteiger charge is -1.98. The van der Waals surface area contributed by atoms with Crippen LogP contribution < -0.4 is 0 Å². The van der Waals surface area contributed by atoms with E-state index in [-0.39, 0.29) is 6.40 Å². The molecule has 0 aliphatic heterocycles. The molecule has 0 heterocycles. The summed E-state index contributed by atoms with van der Waals surface area (Å²) >= 11 is 0. The van der Waals surface area contributed by atoms with E-state index < -0.39 is 0 Å². The van der Waals surface area contributed by atoms with Gasteiger partial charge in [0.25, 0.3) is 0 Å². The molecule has 0 aliphatic rings. The molecule has 0 radical (unpaired) electrons. The first-order valence-corrected chi connectivity index (χ1v) is 4.32. The van der Waals surface area contributed by atoms with E-state index in [2.05, 4.69) is 10.0 Å². The quantitative estimate of drug-likeness (QED) is 0.286. The van der Waals surface area contributed by atoms with Crippen LogP contribution >= 0.6 is 0 Å². The smallest absolute Gasteiger partial charge is 0.0316 e. The lowest BCUT2D eigenvalue weighted by Crippen LogP contribution is -1.86. The molecule has 0 spiro atoms. The Morgan fingerprint density at radius 1 is 1.31 bits per heavy atom. The standard InChI is InChI=1S/C10H13N3/c11-13-12-9-5-4-8-10-6-2-1-3-7-10/h1-3,6-7H,4-5,8-9H2/i8D/t8-/m0/s1. The second-order valence-corrected chi connectivity index (χ2v) is 2.71. The van der Waals surface area contributed by atoms with Crippen LogP contribution in [-0.4, -0.2) is 6.54 Å². The van der Waals surface area contributed by atoms with Crippen LogP contribution in [0.25, 0.3) is 10.4 Å². The lowest BCUT2D eigenvalue weighted by molar-refractivity contribution is 0.742. The zero-order valence-corrected chi connectivity index (χ0v) is 7.43. The van der Waals surface area contributed by atoms with Crippen molar-refractivity contribution in [2.75, 3.05) is 6.54 Å². The Morgan fingerprint density at radius 2 is 2.08 bits per heavy atom. The zero-order valence-electron chi connectivity index (χ0n) is 8.43. The minimum absolute atomic E-state index is 0.204. The van der Waals surface area contributed by atoms with Gasteiger partial charge in [0.1, 0.15) is 0 Å². The molecule has 1 rings (SSSR count). The number of hydrogen-bond acceptors (Lipinski definition) is 1. The van der Waals surface area contributed by atoms with E-state index in [1.54, 1.807) is 0 Å². The largest absolute Gasteiger partial charge is 0.0940 e. The third kappa shape index (κ3) is 4.19. The van der Waals surface area contributed by atoms with Gasteiger partial charge in [-0.2, -0.15) is 0 Å². The predicted molar refractivity (Wildman–Crippen MR) is 53.4 cm³/mol. The van der Waals surface area contributed by atoms with Crippen molar-refractivity contribution in [1.82, 2.24) is 0 Å². The Balaban J connectivity index is 2.35. The van der Waals surface area contributed by atoms with Crippen LogP contribution in [0.5, 0.6) is 0 Å². The van der Waals surface area contributed by atoms with E-state index in [0.717, 1.165) is 18.4 Å². The van der Waals surface area contributed by atoms with Crippen molar-refractivity contribution >= 4 is 0 Å². The van der Waals surface area contributed by atoms with Crippen molar-refractivity contribution in [1.29, 1.82) is 0 Å². The van der Waals surface area contributed by atoms with E-state index in [4.69, 9.17) is 6.90 Å². The average Bonchev–Trinajstić information content (AvgIpc) is 2.25. The van der Waals surface area contributed by atoms with Gasteiger partial charge in [-0.15, -0.1) is 0 Å². The number of rotatable bonds is 5. The van der Waals surface area contributed by atoms with E-state index in [1.165, 1.54) is 0 Å². The summed E-state index contributed by atoms with van der Waals surface area (Å²) in [6.45, 7) is 0.485. The number of hydrogen-bond donors (Lipinski definition) is 0. The van der Waals surface area contributed by atoms with Gasteiger partial charge in [-0.05, 0) is 30.3 Å². The Kier molecular flexibility index (Phi) is 3.82. The van der Waals surface area contributed by atoms with E-state index in [9.17, 15) is 0 Å². The molecule has 1 aromatic rings. The highest BCUT2D eigenvalue weighted by Gasteiger charge is 1.90. The van der Waals surface area contributed by atoms with Gasteiger partial charge in [0, 0.05) is 12.8 Å². The van der Waals surface area contributed by atoms with Crippen molar-refractivity contribution in [3.05, 3.63) is 46.3 Å². The average molecular weight is 176 g/mol. The van der Waals surface area contributed by atoms with Crippen LogP contribution in [0.4, 0.5) is 0 Å². The summed E-state index contributed by atoms with van der Waals surface area (Å²) in [5.41, 5.74) is 9.08. The van der Waals surface area contributed by atoms with Crippen LogP contribution in [-0.2, 0) is 6.40 Å². The molecule has 0 aromatic heterocycles. The Bertz CT molecular complexity index is 306. The van der Waals surface area contributed by atoms with Gasteiger partial charge in [0.2, 0.25) is 0 Å². The zero-order chi connectivity index (χ0) is 10.2. The summed E-state index contributed by atoms with van der Waals surface area (Å²) in [5.74, 6) is 0. The van der Waals surface area contributed by atoms with Crippen molar-refractivity contribution in [3.63, 3.8) is 0 Å². The third-order valence-electron chi connectivity index (χ3n) is 1.71. The fourth-order valence-electron chi connectivity index (χ4n) is 1.06. The van der Waals surface area contributed by atoms with Gasteiger partial charge in [0.05, 0.1) is 0 Å². The molecule has 0 amide bonds. The minimum Gasteiger partial charge on any atom is -0.0940 e. The Morgan fingerprint density at radius 3 is 2.77 bits per heavy atom. The van der Waals surface area contributed by atoms with Gasteiger partial charge in [-0.25, -0.2) is 0 Å². The van der Waals surface area contributed by atoms with Crippen LogP contribution in [0.1, 0.15) is 19.8 Å². The van der Waals surface area contributed by atoms with Crippen molar-refractivity contribution in [2.45, 2.75) is 19.2 Å². The first-order chi connectivity index (χ1) is 6.84. The molecule has 0 fully saturated rings. The highest BCUT2D eigenvalue weighted by atomic mass is 15.1. The molecular formula is C10H13N3. The SMILES string of the molecule is [2H][C@@H](CCCN=[N+]=[N-])c1ccccc1. The number of nitrogens with zero attached hydrogens (tertiary/aromatic N) is 3. The molecule has 1 aromatic carbocycles. The summed E-state index contributed by atoms with van der Waals surface area (Å²) in [5, 5.41) is 3.43. The maximum absolute atomic E-state index is 8.06. The van der Waals surface area contributed by atoms with E-state index in [0.29, 0.717) is 6.54 Å². The molecule has 0 N–H and O–H groups in total. The molecule has 68 valence electrons. The highest BCUT2D eigenvalue weighted by molar-refractivity contribution is 5.14. The summed E-state index contributed by atoms with van der Waals surface area (Å²) < 4.78 is 7.81. The predicted octanol–water partition coefficient (Wildman–Crippen LogP) is 3.32. The summed E-state index contributed by atoms with van der Waals surface area (Å²) in [4.78, 5) is 2.67. The molecule has 3 heteroatoms. The fraction of sp³-hybridized carbons (Fsp3) is 0.400. The molecule has 13 heavy (non-hydrogen) atoms. The van der Waals surface area contributed by atoms with Crippen molar-refractivity contribution < 1.29 is 1.37 Å². The monoisotopic (exact) mass is 176 g/mol. The fourth-order valence-corrected chi connectivity index (χ4v) is 1.06. The molecular weight excluding hydrogens is 162 g/mol. The number of aryl methyl sites for hydroxylation is 1. The molecule has 1 atom stereocenters. The molecule has 0 unspecified atom stereocenters. The van der Waals surface area contributed by atoms with E-state index >= 15 is 0 Å². The lowest BCUT2D eigenvalue weighted by atomic mass is 10.1. The van der Waals surface area contributed by atoms with Crippen LogP contribution in [0, 0.1) is 0 Å². The third-order valence-corrected chi connectivity index (χ3v) is 1.71. The van der Waals surface area contributed by atoms with Crippen LogP contribution in [0.15, 0.2) is 35.4 Å². The topological polar surface area (TPSA) is 48.8 Å². The Hall–Kier alpha value is -1.47. The maximum atomic E-state index is 8.06. The van der Waals surface area contributed by atoms with Crippen LogP contribution in [0.2, 0.25) is 0 Å². The molecule has 0 saturated heterocycles. The van der Waals surface area contributed by atoms with E-state index in [1.807, 2.05) is 30.3 Å². The number of benzene rings is 1. The van der Waals surface area contributed by atoms with Crippen molar-refractivity contribution in [2.24, 2.45) is 5.11 Å². The summed E-state index contributed by atoms with van der Waals surface area (Å²) in [6, 6.07) is 9.71. The van der Waals surface area contributed by atoms with Gasteiger partial charge >= 0.3 is 0 Å². The molecule has 0 saturated carbocycles. The molecule has 0 aliphatic carbocycles. The van der Waals surface area contributed by atoms with Crippen LogP contribution in [0.3, 0.4) is 0 Å². The highest BCUT2D eigenvalue weighted by Crippen LogP contribution is 2.04. The van der Waals surface area contributed by atoms with Gasteiger partial charge in [0.15, 0.2) is 0 Å². The van der Waals surface area contributed by atoms with Crippen molar-refractivity contribution in [3.8, 4) is 0 Å². The second-order valence-electron chi connectivity index (χ2n) is 2.71. The molecule has 3 nitrogen and oxygen atoms in total. The van der Waals surface area contributed by atoms with Gasteiger partial charge in [-0.1, -0.05) is 35.4 Å². The second kappa shape index (κ2) is 6.09. The first-order valence-electron chi connectivity index (χ1n) is 4.90. The summed E-state index contributed by atoms with van der Waals surface area (Å²) in [7, 11) is 0. The minimum atomic E-state index is -0.204. The normalized spacial score (nSPS) is 12.8. The van der Waals surface area contributed by atoms with Gasteiger partial charge < -0.3 is 0 Å². The van der Waals surface area contributed by atoms with Gasteiger partial charge in [-0.3, -0.25) is 0 Å². The first kappa shape index (κ1) is 8.14. The summed E-state index contributed by atoms with van der Waals surface area (Å²) in [6.07, 6.45) is 1.31. The maximum Gasteiger partial charge on any atom is 0.0316 e.